The van der Waals surface area contributed by atoms with Gasteiger partial charge in [-0.05, 0) is 44.7 Å². The van der Waals surface area contributed by atoms with Crippen LogP contribution in [0.4, 0.5) is 0 Å². The van der Waals surface area contributed by atoms with Gasteiger partial charge in [0.25, 0.3) is 5.82 Å². The number of nitrogens with zero attached hydrogens (tertiary/aromatic N) is 1. The van der Waals surface area contributed by atoms with Crippen molar-refractivity contribution in [1.29, 1.82) is 0 Å². The van der Waals surface area contributed by atoms with Gasteiger partial charge in [0, 0.05) is 0 Å². The Morgan fingerprint density at radius 3 is 2.29 bits per heavy atom. The van der Waals surface area contributed by atoms with Crippen LogP contribution in [0.1, 0.15) is 55.7 Å². The summed E-state index contributed by atoms with van der Waals surface area (Å²) in [7, 11) is 0. The highest BCUT2D eigenvalue weighted by Gasteiger charge is 2.17. The van der Waals surface area contributed by atoms with Gasteiger partial charge in [-0.3, -0.25) is 0 Å². The van der Waals surface area contributed by atoms with E-state index in [4.69, 9.17) is 0 Å². The first-order chi connectivity index (χ1) is 10.1. The number of benzene rings is 1. The maximum atomic E-state index is 3.44. The Kier molecular flexibility index (Phi) is 5.60. The van der Waals surface area contributed by atoms with Gasteiger partial charge < -0.3 is 0 Å². The van der Waals surface area contributed by atoms with E-state index in [1.54, 1.807) is 0 Å². The van der Waals surface area contributed by atoms with Crippen LogP contribution in [0, 0.1) is 20.8 Å². The largest absolute Gasteiger partial charge is 0.287 e. The molecule has 0 radical (unpaired) electrons. The summed E-state index contributed by atoms with van der Waals surface area (Å²) in [5.41, 5.74) is 5.41. The van der Waals surface area contributed by atoms with Gasteiger partial charge >= 0.3 is 0 Å². The molecule has 2 nitrogen and oxygen atoms in total. The van der Waals surface area contributed by atoms with E-state index >= 15 is 0 Å². The number of unbranched alkanes of at least 4 members (excludes halogenated alkanes) is 4. The number of aryl methyl sites for hydroxylation is 4. The van der Waals surface area contributed by atoms with Gasteiger partial charge in [-0.15, -0.1) is 0 Å². The number of nitrogens with one attached hydrogen (secondary N) is 1. The SMILES string of the molecule is CCCCCCC[n+]1cc[nH]c1-c1c(C)cc(C)cc1C. The lowest BCUT2D eigenvalue weighted by Gasteiger charge is -2.09. The van der Waals surface area contributed by atoms with Gasteiger partial charge in [-0.2, -0.15) is 0 Å². The van der Waals surface area contributed by atoms with Crippen LogP contribution >= 0.6 is 0 Å². The fourth-order valence-corrected chi connectivity index (χ4v) is 3.20. The van der Waals surface area contributed by atoms with Crippen molar-refractivity contribution in [1.82, 2.24) is 4.98 Å². The molecule has 0 unspecified atom stereocenters. The van der Waals surface area contributed by atoms with Gasteiger partial charge in [-0.1, -0.05) is 43.9 Å². The van der Waals surface area contributed by atoms with Crippen LogP contribution in [0.2, 0.25) is 0 Å². The Balaban J connectivity index is 2.13. The minimum Gasteiger partial charge on any atom is -0.243 e. The average Bonchev–Trinajstić information content (AvgIpc) is 2.86. The van der Waals surface area contributed by atoms with Crippen LogP contribution < -0.4 is 4.57 Å². The zero-order chi connectivity index (χ0) is 15.2. The van der Waals surface area contributed by atoms with Crippen molar-refractivity contribution in [2.45, 2.75) is 66.3 Å². The lowest BCUT2D eigenvalue weighted by Crippen LogP contribution is -2.34. The molecule has 1 aromatic carbocycles. The number of H-pyrrole nitrogens is 1. The predicted octanol–water partition coefficient (Wildman–Crippen LogP) is 4.86. The smallest absolute Gasteiger partial charge is 0.243 e. The Bertz CT molecular complexity index is 558. The number of hydrogen-bond donors (Lipinski definition) is 1. The topological polar surface area (TPSA) is 19.7 Å². The molecule has 21 heavy (non-hydrogen) atoms. The van der Waals surface area contributed by atoms with E-state index in [0.29, 0.717) is 0 Å². The van der Waals surface area contributed by atoms with Crippen molar-refractivity contribution >= 4 is 0 Å². The predicted molar refractivity (Wildman–Crippen MR) is 89.4 cm³/mol. The number of aromatic amines is 1. The highest BCUT2D eigenvalue weighted by Crippen LogP contribution is 2.24. The molecular formula is C19H29N2+. The van der Waals surface area contributed by atoms with E-state index in [-0.39, 0.29) is 0 Å². The third kappa shape index (κ3) is 3.96. The van der Waals surface area contributed by atoms with Gasteiger partial charge in [0.2, 0.25) is 0 Å². The van der Waals surface area contributed by atoms with Crippen LogP contribution in [-0.2, 0) is 6.54 Å². The number of hydrogen-bond acceptors (Lipinski definition) is 0. The first kappa shape index (κ1) is 15.8. The fraction of sp³-hybridized carbons (Fsp3) is 0.526. The molecule has 1 aromatic heterocycles. The summed E-state index contributed by atoms with van der Waals surface area (Å²) in [6, 6.07) is 4.55. The molecule has 0 aliphatic carbocycles. The Labute approximate surface area is 129 Å². The maximum absolute atomic E-state index is 3.44. The molecule has 0 atom stereocenters. The Hall–Kier alpha value is -1.57. The second kappa shape index (κ2) is 7.44. The van der Waals surface area contributed by atoms with Crippen LogP contribution in [0.5, 0.6) is 0 Å². The minimum absolute atomic E-state index is 1.11. The average molecular weight is 285 g/mol. The van der Waals surface area contributed by atoms with Crippen molar-refractivity contribution in [2.24, 2.45) is 0 Å². The molecule has 114 valence electrons. The molecule has 0 bridgehead atoms. The molecule has 1 N–H and O–H groups in total. The summed E-state index contributed by atoms with van der Waals surface area (Å²) >= 11 is 0. The Morgan fingerprint density at radius 2 is 1.62 bits per heavy atom. The van der Waals surface area contributed by atoms with E-state index in [9.17, 15) is 0 Å². The Morgan fingerprint density at radius 1 is 0.952 bits per heavy atom. The highest BCUT2D eigenvalue weighted by atomic mass is 15.1. The highest BCUT2D eigenvalue weighted by molar-refractivity contribution is 5.63. The minimum atomic E-state index is 1.11. The summed E-state index contributed by atoms with van der Waals surface area (Å²) in [5.74, 6) is 1.25. The van der Waals surface area contributed by atoms with Crippen LogP contribution in [0.3, 0.4) is 0 Å². The molecule has 1 heterocycles. The summed E-state index contributed by atoms with van der Waals surface area (Å²) in [5, 5.41) is 0. The number of rotatable bonds is 7. The van der Waals surface area contributed by atoms with Crippen molar-refractivity contribution in [3.05, 3.63) is 41.2 Å². The van der Waals surface area contributed by atoms with Crippen molar-refractivity contribution < 1.29 is 4.57 Å². The van der Waals surface area contributed by atoms with Gasteiger partial charge in [0.1, 0.15) is 12.4 Å². The molecule has 2 rings (SSSR count). The van der Waals surface area contributed by atoms with Crippen molar-refractivity contribution in [2.75, 3.05) is 0 Å². The van der Waals surface area contributed by atoms with E-state index in [2.05, 4.69) is 61.8 Å². The first-order valence-electron chi connectivity index (χ1n) is 8.28. The molecule has 0 aliphatic rings. The monoisotopic (exact) mass is 285 g/mol. The molecule has 2 heteroatoms. The normalized spacial score (nSPS) is 11.0. The molecule has 0 saturated carbocycles. The standard InChI is InChI=1S/C19H28N2/c1-5-6-7-8-9-11-21-12-10-20-19(21)18-16(3)13-15(2)14-17(18)4/h10,12-14H,5-9,11H2,1-4H3/p+1. The molecule has 2 aromatic rings. The molecular weight excluding hydrogens is 256 g/mol. The van der Waals surface area contributed by atoms with E-state index in [1.165, 1.54) is 60.2 Å². The second-order valence-electron chi connectivity index (χ2n) is 6.19. The van der Waals surface area contributed by atoms with Crippen LogP contribution in [-0.4, -0.2) is 4.98 Å². The van der Waals surface area contributed by atoms with E-state index < -0.39 is 0 Å². The molecule has 0 amide bonds. The first-order valence-corrected chi connectivity index (χ1v) is 8.28. The van der Waals surface area contributed by atoms with Crippen molar-refractivity contribution in [3.8, 4) is 11.4 Å². The summed E-state index contributed by atoms with van der Waals surface area (Å²) in [4.78, 5) is 3.44. The zero-order valence-electron chi connectivity index (χ0n) is 14.0. The fourth-order valence-electron chi connectivity index (χ4n) is 3.20. The lowest BCUT2D eigenvalue weighted by molar-refractivity contribution is -0.685. The van der Waals surface area contributed by atoms with Crippen molar-refractivity contribution in [3.63, 3.8) is 0 Å². The summed E-state index contributed by atoms with van der Waals surface area (Å²) < 4.78 is 2.37. The number of aromatic nitrogens is 2. The quantitative estimate of drug-likeness (QED) is 0.553. The molecule has 0 saturated heterocycles. The summed E-state index contributed by atoms with van der Waals surface area (Å²) in [6.07, 6.45) is 10.9. The van der Waals surface area contributed by atoms with Gasteiger partial charge in [-0.25, -0.2) is 9.55 Å². The third-order valence-electron chi connectivity index (χ3n) is 4.18. The molecule has 0 fully saturated rings. The van der Waals surface area contributed by atoms with E-state index in [1.807, 2.05) is 0 Å². The second-order valence-corrected chi connectivity index (χ2v) is 6.19. The zero-order valence-corrected chi connectivity index (χ0v) is 14.0. The molecule has 0 aliphatic heterocycles. The van der Waals surface area contributed by atoms with E-state index in [0.717, 1.165) is 6.54 Å². The third-order valence-corrected chi connectivity index (χ3v) is 4.18. The maximum Gasteiger partial charge on any atom is 0.287 e. The van der Waals surface area contributed by atoms with Crippen LogP contribution in [0.15, 0.2) is 24.5 Å². The summed E-state index contributed by atoms with van der Waals surface area (Å²) in [6.45, 7) is 9.96. The van der Waals surface area contributed by atoms with Crippen LogP contribution in [0.25, 0.3) is 11.4 Å². The van der Waals surface area contributed by atoms with Gasteiger partial charge in [0.05, 0.1) is 12.1 Å². The molecule has 0 spiro atoms. The number of imidazole rings is 1. The lowest BCUT2D eigenvalue weighted by atomic mass is 9.99. The van der Waals surface area contributed by atoms with Gasteiger partial charge in [0.15, 0.2) is 0 Å².